The molecule has 2 aromatic rings. The van der Waals surface area contributed by atoms with Crippen molar-refractivity contribution in [2.24, 2.45) is 0 Å². The lowest BCUT2D eigenvalue weighted by molar-refractivity contribution is -0.113. The summed E-state index contributed by atoms with van der Waals surface area (Å²) in [6.45, 7) is 1.32. The Morgan fingerprint density at radius 1 is 0.795 bits per heavy atom. The van der Waals surface area contributed by atoms with Crippen LogP contribution < -0.4 is 0 Å². The van der Waals surface area contributed by atoms with Crippen LogP contribution in [0.3, 0.4) is 0 Å². The van der Waals surface area contributed by atoms with Gasteiger partial charge in [0.1, 0.15) is 0 Å². The van der Waals surface area contributed by atoms with Crippen molar-refractivity contribution in [3.05, 3.63) is 81.9 Å². The molecule has 7 nitrogen and oxygen atoms in total. The van der Waals surface area contributed by atoms with Gasteiger partial charge >= 0.3 is 0 Å². The Balaban J connectivity index is 1.94. The molecule has 1 aliphatic heterocycles. The molecular formula is C27H30F4N2O5S. The van der Waals surface area contributed by atoms with Crippen LogP contribution >= 0.6 is 0 Å². The first-order valence-corrected chi connectivity index (χ1v) is 13.7. The van der Waals surface area contributed by atoms with Crippen molar-refractivity contribution in [2.45, 2.75) is 0 Å². The van der Waals surface area contributed by atoms with Crippen LogP contribution in [0.25, 0.3) is 12.2 Å². The van der Waals surface area contributed by atoms with Gasteiger partial charge in [0.15, 0.2) is 29.1 Å². The molecule has 0 aliphatic carbocycles. The van der Waals surface area contributed by atoms with Gasteiger partial charge in [-0.15, -0.1) is 0 Å². The highest BCUT2D eigenvalue weighted by Crippen LogP contribution is 2.25. The number of Topliss-reactive ketones (excluding diaryl/α,β-unsaturated/α-hetero) is 1. The average Bonchev–Trinajstić information content (AvgIpc) is 2.90. The number of ether oxygens (including phenoxy) is 2. The van der Waals surface area contributed by atoms with Crippen LogP contribution in [-0.4, -0.2) is 89.3 Å². The smallest absolute Gasteiger partial charge is 0.215 e. The second-order valence-corrected chi connectivity index (χ2v) is 11.0. The van der Waals surface area contributed by atoms with Gasteiger partial charge < -0.3 is 9.47 Å². The van der Waals surface area contributed by atoms with E-state index in [1.807, 2.05) is 4.90 Å². The Morgan fingerprint density at radius 2 is 1.26 bits per heavy atom. The van der Waals surface area contributed by atoms with Gasteiger partial charge in [-0.05, 0) is 47.5 Å². The zero-order chi connectivity index (χ0) is 28.6. The highest BCUT2D eigenvalue weighted by molar-refractivity contribution is 7.89. The summed E-state index contributed by atoms with van der Waals surface area (Å²) in [6, 6.07) is 6.10. The summed E-state index contributed by atoms with van der Waals surface area (Å²) in [6.07, 6.45) is 2.57. The second kappa shape index (κ2) is 13.9. The van der Waals surface area contributed by atoms with Crippen LogP contribution in [0.15, 0.2) is 47.5 Å². The van der Waals surface area contributed by atoms with Crippen molar-refractivity contribution in [1.29, 1.82) is 0 Å². The molecule has 3 rings (SSSR count). The summed E-state index contributed by atoms with van der Waals surface area (Å²) in [5, 5.41) is 0. The molecule has 39 heavy (non-hydrogen) atoms. The Hall–Kier alpha value is -2.90. The standard InChI is InChI=1S/C27H30F4N2O5S/c1-37-10-7-32(8-11-38-2)9-12-39(35,36)33-17-21(13-19-3-5-23(28)25(30)15-19)27(34)22(18-33)14-20-4-6-24(29)26(31)16-20/h3-6,13-16H,7-12,17-18H2,1-2H3/b21-13-,22-14+. The molecule has 0 atom stereocenters. The third-order valence-corrected chi connectivity index (χ3v) is 7.87. The predicted octanol–water partition coefficient (Wildman–Crippen LogP) is 3.52. The number of halogens is 4. The van der Waals surface area contributed by atoms with Crippen LogP contribution in [0, 0.1) is 23.3 Å². The van der Waals surface area contributed by atoms with E-state index in [2.05, 4.69) is 0 Å². The highest BCUT2D eigenvalue weighted by Gasteiger charge is 2.33. The van der Waals surface area contributed by atoms with E-state index in [4.69, 9.17) is 9.47 Å². The predicted molar refractivity (Wildman–Crippen MR) is 139 cm³/mol. The topological polar surface area (TPSA) is 76.2 Å². The van der Waals surface area contributed by atoms with Crippen LogP contribution in [0.4, 0.5) is 17.6 Å². The number of sulfonamides is 1. The molecule has 1 heterocycles. The summed E-state index contributed by atoms with van der Waals surface area (Å²) in [4.78, 5) is 15.2. The van der Waals surface area contributed by atoms with Crippen LogP contribution in [-0.2, 0) is 24.3 Å². The molecule has 0 amide bonds. The van der Waals surface area contributed by atoms with Gasteiger partial charge in [-0.1, -0.05) is 12.1 Å². The van der Waals surface area contributed by atoms with Crippen LogP contribution in [0.5, 0.6) is 0 Å². The van der Waals surface area contributed by atoms with Gasteiger partial charge in [-0.3, -0.25) is 9.69 Å². The van der Waals surface area contributed by atoms with E-state index >= 15 is 0 Å². The first-order chi connectivity index (χ1) is 18.5. The number of nitrogens with zero attached hydrogens (tertiary/aromatic N) is 2. The molecule has 1 aliphatic rings. The summed E-state index contributed by atoms with van der Waals surface area (Å²) < 4.78 is 92.5. The molecule has 0 N–H and O–H groups in total. The van der Waals surface area contributed by atoms with Gasteiger partial charge in [0.05, 0.1) is 19.0 Å². The summed E-state index contributed by atoms with van der Waals surface area (Å²) in [5.41, 5.74) is 0.350. The largest absolute Gasteiger partial charge is 0.383 e. The maximum Gasteiger partial charge on any atom is 0.215 e. The van der Waals surface area contributed by atoms with Gasteiger partial charge in [0.2, 0.25) is 10.0 Å². The fourth-order valence-electron chi connectivity index (χ4n) is 3.96. The van der Waals surface area contributed by atoms with Crippen molar-refractivity contribution < 1.29 is 40.2 Å². The molecule has 2 aromatic carbocycles. The lowest BCUT2D eigenvalue weighted by atomic mass is 9.95. The van der Waals surface area contributed by atoms with Crippen LogP contribution in [0.2, 0.25) is 0 Å². The monoisotopic (exact) mass is 570 g/mol. The van der Waals surface area contributed by atoms with E-state index in [0.717, 1.165) is 28.6 Å². The maximum atomic E-state index is 13.8. The quantitative estimate of drug-likeness (QED) is 0.287. The van der Waals surface area contributed by atoms with Crippen molar-refractivity contribution in [1.82, 2.24) is 9.21 Å². The van der Waals surface area contributed by atoms with Gasteiger partial charge in [-0.25, -0.2) is 26.0 Å². The lowest BCUT2D eigenvalue weighted by Crippen LogP contribution is -2.45. The molecule has 0 unspecified atom stereocenters. The molecule has 0 saturated carbocycles. The number of benzene rings is 2. The minimum absolute atomic E-state index is 0.0142. The van der Waals surface area contributed by atoms with Crippen molar-refractivity contribution in [3.8, 4) is 0 Å². The van der Waals surface area contributed by atoms with Crippen LogP contribution in [0.1, 0.15) is 11.1 Å². The Labute approximate surface area is 225 Å². The minimum atomic E-state index is -3.92. The van der Waals surface area contributed by atoms with Crippen molar-refractivity contribution >= 4 is 28.0 Å². The summed E-state index contributed by atoms with van der Waals surface area (Å²) in [5.74, 6) is -5.20. The van der Waals surface area contributed by atoms with Gasteiger partial charge in [0, 0.05) is 58.1 Å². The third-order valence-electron chi connectivity index (χ3n) is 6.13. The van der Waals surface area contributed by atoms with E-state index in [9.17, 15) is 30.8 Å². The molecule has 0 radical (unpaired) electrons. The first-order valence-electron chi connectivity index (χ1n) is 12.1. The summed E-state index contributed by atoms with van der Waals surface area (Å²) in [7, 11) is -0.845. The Bertz CT molecular complexity index is 1270. The molecule has 0 spiro atoms. The fraction of sp³-hybridized carbons (Fsp3) is 0.370. The average molecular weight is 571 g/mol. The maximum absolute atomic E-state index is 13.8. The van der Waals surface area contributed by atoms with E-state index in [0.29, 0.717) is 26.3 Å². The molecule has 212 valence electrons. The van der Waals surface area contributed by atoms with Crippen molar-refractivity contribution in [3.63, 3.8) is 0 Å². The van der Waals surface area contributed by atoms with Crippen molar-refractivity contribution in [2.75, 3.05) is 65.9 Å². The zero-order valence-electron chi connectivity index (χ0n) is 21.6. The minimum Gasteiger partial charge on any atom is -0.383 e. The number of hydrogen-bond acceptors (Lipinski definition) is 6. The number of rotatable bonds is 12. The van der Waals surface area contributed by atoms with Gasteiger partial charge in [0.25, 0.3) is 0 Å². The zero-order valence-corrected chi connectivity index (χ0v) is 22.4. The number of carbonyl (C=O) groups excluding carboxylic acids is 1. The first kappa shape index (κ1) is 30.6. The molecule has 1 fully saturated rings. The fourth-order valence-corrected chi connectivity index (χ4v) is 5.38. The Kier molecular flexibility index (Phi) is 11.0. The molecule has 1 saturated heterocycles. The SMILES string of the molecule is COCCN(CCOC)CCS(=O)(=O)N1C/C(=C/c2ccc(F)c(F)c2)C(=O)/C(=C/c2ccc(F)c(F)c2)C1. The van der Waals surface area contributed by atoms with E-state index < -0.39 is 39.1 Å². The molecule has 12 heteroatoms. The van der Waals surface area contributed by atoms with Gasteiger partial charge in [-0.2, -0.15) is 4.31 Å². The van der Waals surface area contributed by atoms with E-state index in [-0.39, 0.29) is 47.7 Å². The number of piperidine rings is 1. The number of hydrogen-bond donors (Lipinski definition) is 0. The molecule has 0 bridgehead atoms. The summed E-state index contributed by atoms with van der Waals surface area (Å²) >= 11 is 0. The number of ketones is 1. The third kappa shape index (κ3) is 8.54. The number of carbonyl (C=O) groups is 1. The molecule has 0 aromatic heterocycles. The van der Waals surface area contributed by atoms with E-state index in [1.165, 1.54) is 38.5 Å². The normalized spacial score (nSPS) is 17.1. The number of methoxy groups -OCH3 is 2. The lowest BCUT2D eigenvalue weighted by Gasteiger charge is -2.30. The Morgan fingerprint density at radius 3 is 1.67 bits per heavy atom. The van der Waals surface area contributed by atoms with E-state index in [1.54, 1.807) is 0 Å². The highest BCUT2D eigenvalue weighted by atomic mass is 32.2. The second-order valence-electron chi connectivity index (χ2n) is 8.93. The molecular weight excluding hydrogens is 540 g/mol.